The van der Waals surface area contributed by atoms with Crippen LogP contribution in [-0.2, 0) is 22.6 Å². The summed E-state index contributed by atoms with van der Waals surface area (Å²) >= 11 is 11.9. The number of ether oxygens (including phenoxy) is 1. The Morgan fingerprint density at radius 1 is 1.13 bits per heavy atom. The highest BCUT2D eigenvalue weighted by Gasteiger charge is 2.14. The van der Waals surface area contributed by atoms with Gasteiger partial charge in [-0.05, 0) is 56.4 Å². The monoisotopic (exact) mass is 468 g/mol. The summed E-state index contributed by atoms with van der Waals surface area (Å²) < 4.78 is 7.53. The van der Waals surface area contributed by atoms with Crippen molar-refractivity contribution in [1.29, 1.82) is 0 Å². The predicted octanol–water partition coefficient (Wildman–Crippen LogP) is 4.40. The van der Waals surface area contributed by atoms with E-state index in [1.165, 1.54) is 0 Å². The molecule has 2 rings (SSSR count). The molecule has 1 aromatic carbocycles. The van der Waals surface area contributed by atoms with Crippen LogP contribution in [0.15, 0.2) is 18.2 Å². The predicted molar refractivity (Wildman–Crippen MR) is 122 cm³/mol. The Morgan fingerprint density at radius 3 is 2.45 bits per heavy atom. The number of nitrogens with one attached hydrogen (secondary N) is 2. The molecule has 0 unspecified atom stereocenters. The molecular weight excluding hydrogens is 439 g/mol. The summed E-state index contributed by atoms with van der Waals surface area (Å²) in [6, 6.07) is 4.96. The summed E-state index contributed by atoms with van der Waals surface area (Å²) in [6.45, 7) is 9.44. The first-order chi connectivity index (χ1) is 14.7. The van der Waals surface area contributed by atoms with E-state index in [-0.39, 0.29) is 24.7 Å². The third kappa shape index (κ3) is 8.07. The first-order valence-electron chi connectivity index (χ1n) is 10.4. The largest absolute Gasteiger partial charge is 0.492 e. The van der Waals surface area contributed by atoms with Crippen LogP contribution in [0.3, 0.4) is 0 Å². The van der Waals surface area contributed by atoms with Crippen molar-refractivity contribution in [3.63, 3.8) is 0 Å². The molecule has 1 heterocycles. The van der Waals surface area contributed by atoms with Gasteiger partial charge in [0.25, 0.3) is 0 Å². The zero-order valence-electron chi connectivity index (χ0n) is 18.4. The highest BCUT2D eigenvalue weighted by Crippen LogP contribution is 2.27. The van der Waals surface area contributed by atoms with Gasteiger partial charge in [-0.2, -0.15) is 5.10 Å². The van der Waals surface area contributed by atoms with Crippen LogP contribution in [0, 0.1) is 19.8 Å². The van der Waals surface area contributed by atoms with Gasteiger partial charge in [-0.3, -0.25) is 25.1 Å². The summed E-state index contributed by atoms with van der Waals surface area (Å²) in [5.41, 5.74) is 8.01. The maximum Gasteiger partial charge on any atom is 0.238 e. The van der Waals surface area contributed by atoms with E-state index in [1.54, 1.807) is 18.2 Å². The number of carbonyl (C=O) groups is 2. The number of carbonyl (C=O) groups excluding carboxylic acids is 2. The number of nitrogens with zero attached hydrogens (tertiary/aromatic N) is 2. The Morgan fingerprint density at radius 2 is 1.81 bits per heavy atom. The summed E-state index contributed by atoms with van der Waals surface area (Å²) in [6.07, 6.45) is 1.54. The highest BCUT2D eigenvalue weighted by molar-refractivity contribution is 6.35. The average Bonchev–Trinajstić information content (AvgIpc) is 2.95. The quantitative estimate of drug-likeness (QED) is 0.399. The number of hydrogen-bond acceptors (Lipinski definition) is 4. The molecule has 0 bridgehead atoms. The van der Waals surface area contributed by atoms with Gasteiger partial charge in [0, 0.05) is 30.1 Å². The van der Waals surface area contributed by atoms with Gasteiger partial charge in [-0.1, -0.05) is 37.0 Å². The number of aromatic nitrogens is 2. The van der Waals surface area contributed by atoms with Gasteiger partial charge >= 0.3 is 0 Å². The second kappa shape index (κ2) is 12.0. The molecule has 0 aliphatic heterocycles. The van der Waals surface area contributed by atoms with Crippen molar-refractivity contribution in [1.82, 2.24) is 20.6 Å². The molecule has 0 radical (unpaired) electrons. The summed E-state index contributed by atoms with van der Waals surface area (Å²) in [5.74, 6) is 0.490. The van der Waals surface area contributed by atoms with E-state index in [9.17, 15) is 9.59 Å². The topological polar surface area (TPSA) is 85.3 Å². The molecule has 31 heavy (non-hydrogen) atoms. The first-order valence-corrected chi connectivity index (χ1v) is 11.1. The van der Waals surface area contributed by atoms with E-state index in [1.807, 2.05) is 18.5 Å². The molecule has 7 nitrogen and oxygen atoms in total. The van der Waals surface area contributed by atoms with Gasteiger partial charge in [0.2, 0.25) is 11.8 Å². The van der Waals surface area contributed by atoms with Crippen molar-refractivity contribution in [3.05, 3.63) is 45.2 Å². The smallest absolute Gasteiger partial charge is 0.238 e. The molecule has 1 aromatic heterocycles. The molecule has 170 valence electrons. The van der Waals surface area contributed by atoms with Gasteiger partial charge in [0.15, 0.2) is 0 Å². The van der Waals surface area contributed by atoms with E-state index in [0.29, 0.717) is 41.2 Å². The highest BCUT2D eigenvalue weighted by atomic mass is 35.5. The van der Waals surface area contributed by atoms with E-state index < -0.39 is 0 Å². The number of hydrazine groups is 1. The fourth-order valence-electron chi connectivity index (χ4n) is 3.13. The normalized spacial score (nSPS) is 10.9. The SMILES string of the molecule is Cc1nn(CC(C)C)c(C)c1CCC(=O)NNC(=O)CCCOc1ccc(Cl)cc1Cl. The third-order valence-electron chi connectivity index (χ3n) is 4.71. The van der Waals surface area contributed by atoms with E-state index in [2.05, 4.69) is 29.8 Å². The molecule has 0 spiro atoms. The Balaban J connectivity index is 1.67. The van der Waals surface area contributed by atoms with E-state index in [0.717, 1.165) is 23.5 Å². The standard InChI is InChI=1S/C22H30Cl2N4O3/c1-14(2)13-28-16(4)18(15(3)27-28)8-10-22(30)26-25-21(29)6-5-11-31-20-9-7-17(23)12-19(20)24/h7,9,12,14H,5-6,8,10-11,13H2,1-4H3,(H,25,29)(H,26,30). The van der Waals surface area contributed by atoms with Crippen molar-refractivity contribution < 1.29 is 14.3 Å². The molecule has 0 saturated heterocycles. The van der Waals surface area contributed by atoms with E-state index in [4.69, 9.17) is 27.9 Å². The molecule has 2 amide bonds. The molecule has 0 atom stereocenters. The molecular formula is C22H30Cl2N4O3. The fraction of sp³-hybridized carbons (Fsp3) is 0.500. The van der Waals surface area contributed by atoms with Crippen LogP contribution in [0.25, 0.3) is 0 Å². The zero-order valence-corrected chi connectivity index (χ0v) is 19.9. The number of aryl methyl sites for hydroxylation is 1. The lowest BCUT2D eigenvalue weighted by atomic mass is 10.1. The Labute approximate surface area is 193 Å². The van der Waals surface area contributed by atoms with Crippen LogP contribution < -0.4 is 15.6 Å². The van der Waals surface area contributed by atoms with Crippen LogP contribution in [-0.4, -0.2) is 28.2 Å². The number of benzene rings is 1. The number of amides is 2. The average molecular weight is 469 g/mol. The number of halogens is 2. The van der Waals surface area contributed by atoms with Crippen LogP contribution in [0.4, 0.5) is 0 Å². The van der Waals surface area contributed by atoms with Crippen LogP contribution in [0.2, 0.25) is 10.0 Å². The van der Waals surface area contributed by atoms with Gasteiger partial charge < -0.3 is 4.74 Å². The second-order valence-corrected chi connectivity index (χ2v) is 8.69. The van der Waals surface area contributed by atoms with Crippen molar-refractivity contribution >= 4 is 35.0 Å². The van der Waals surface area contributed by atoms with Crippen LogP contribution in [0.1, 0.15) is 50.1 Å². The van der Waals surface area contributed by atoms with E-state index >= 15 is 0 Å². The minimum atomic E-state index is -0.281. The molecule has 0 saturated carbocycles. The summed E-state index contributed by atoms with van der Waals surface area (Å²) in [5, 5.41) is 5.51. The zero-order chi connectivity index (χ0) is 23.0. The Hall–Kier alpha value is -2.25. The summed E-state index contributed by atoms with van der Waals surface area (Å²) in [7, 11) is 0. The lowest BCUT2D eigenvalue weighted by Gasteiger charge is -2.10. The molecule has 9 heteroatoms. The van der Waals surface area contributed by atoms with Gasteiger partial charge in [0.05, 0.1) is 17.3 Å². The maximum atomic E-state index is 12.1. The molecule has 2 aromatic rings. The lowest BCUT2D eigenvalue weighted by molar-refractivity contribution is -0.129. The number of hydrogen-bond donors (Lipinski definition) is 2. The van der Waals surface area contributed by atoms with Crippen molar-refractivity contribution in [3.8, 4) is 5.75 Å². The third-order valence-corrected chi connectivity index (χ3v) is 5.24. The molecule has 2 N–H and O–H groups in total. The molecule has 0 fully saturated rings. The van der Waals surface area contributed by atoms with Gasteiger partial charge in [-0.25, -0.2) is 0 Å². The second-order valence-electron chi connectivity index (χ2n) is 7.85. The van der Waals surface area contributed by atoms with Crippen molar-refractivity contribution in [2.45, 2.75) is 59.9 Å². The van der Waals surface area contributed by atoms with Crippen molar-refractivity contribution in [2.24, 2.45) is 5.92 Å². The lowest BCUT2D eigenvalue weighted by Crippen LogP contribution is -2.41. The Kier molecular flexibility index (Phi) is 9.65. The van der Waals surface area contributed by atoms with Crippen LogP contribution >= 0.6 is 23.2 Å². The minimum absolute atomic E-state index is 0.214. The van der Waals surface area contributed by atoms with Crippen molar-refractivity contribution in [2.75, 3.05) is 6.61 Å². The molecule has 0 aliphatic rings. The molecule has 0 aliphatic carbocycles. The Bertz CT molecular complexity index is 912. The van der Waals surface area contributed by atoms with Gasteiger partial charge in [-0.15, -0.1) is 0 Å². The number of rotatable bonds is 10. The fourth-order valence-corrected chi connectivity index (χ4v) is 3.59. The first kappa shape index (κ1) is 25.0. The van der Waals surface area contributed by atoms with Gasteiger partial charge in [0.1, 0.15) is 5.75 Å². The van der Waals surface area contributed by atoms with Crippen LogP contribution in [0.5, 0.6) is 5.75 Å². The summed E-state index contributed by atoms with van der Waals surface area (Å²) in [4.78, 5) is 24.0. The minimum Gasteiger partial charge on any atom is -0.492 e. The maximum absolute atomic E-state index is 12.1.